The number of rotatable bonds is 8. The number of benzene rings is 1. The number of hydrogen-bond acceptors (Lipinski definition) is 6. The molecule has 158 valence electrons. The second-order valence-electron chi connectivity index (χ2n) is 7.73. The van der Waals surface area contributed by atoms with E-state index >= 15 is 0 Å². The highest BCUT2D eigenvalue weighted by Gasteiger charge is 2.31. The molecule has 2 saturated heterocycles. The van der Waals surface area contributed by atoms with Gasteiger partial charge in [-0.1, -0.05) is 12.1 Å². The maximum Gasteiger partial charge on any atom is 0.419 e. The standard InChI is InChI=1S/C21H29N3O5/c25-20(6-3-8-24-17-4-1-2-5-19(17)29-21(24)26)22-14-18(16-7-11-28-15-16)23-9-12-27-13-10-23/h1-2,4-5,16,18H,3,6-15H2,(H,22,25). The number of carbonyl (C=O) groups is 1. The summed E-state index contributed by atoms with van der Waals surface area (Å²) in [4.78, 5) is 26.9. The van der Waals surface area contributed by atoms with Gasteiger partial charge in [-0.2, -0.15) is 0 Å². The summed E-state index contributed by atoms with van der Waals surface area (Å²) in [5.41, 5.74) is 1.35. The molecular weight excluding hydrogens is 374 g/mol. The van der Waals surface area contributed by atoms with Crippen LogP contribution in [0.1, 0.15) is 19.3 Å². The lowest BCUT2D eigenvalue weighted by atomic mass is 9.97. The van der Waals surface area contributed by atoms with Crippen LogP contribution in [0.5, 0.6) is 0 Å². The van der Waals surface area contributed by atoms with Crippen molar-refractivity contribution in [1.82, 2.24) is 14.8 Å². The molecule has 2 aliphatic rings. The molecule has 0 spiro atoms. The van der Waals surface area contributed by atoms with E-state index in [9.17, 15) is 9.59 Å². The number of nitrogens with one attached hydrogen (secondary N) is 1. The summed E-state index contributed by atoms with van der Waals surface area (Å²) in [7, 11) is 0. The number of aryl methyl sites for hydroxylation is 1. The van der Waals surface area contributed by atoms with E-state index in [2.05, 4.69) is 10.2 Å². The Bertz CT molecular complexity index is 865. The Balaban J connectivity index is 1.28. The van der Waals surface area contributed by atoms with Crippen LogP contribution in [0.3, 0.4) is 0 Å². The molecule has 8 nitrogen and oxygen atoms in total. The van der Waals surface area contributed by atoms with Gasteiger partial charge in [0.25, 0.3) is 0 Å². The maximum atomic E-state index is 12.4. The number of carbonyl (C=O) groups excluding carboxylic acids is 1. The first-order valence-corrected chi connectivity index (χ1v) is 10.5. The lowest BCUT2D eigenvalue weighted by Crippen LogP contribution is -2.52. The smallest absolute Gasteiger partial charge is 0.408 e. The van der Waals surface area contributed by atoms with Crippen LogP contribution in [0.15, 0.2) is 33.5 Å². The van der Waals surface area contributed by atoms with E-state index in [-0.39, 0.29) is 17.7 Å². The molecule has 0 bridgehead atoms. The number of fused-ring (bicyclic) bond motifs is 1. The number of nitrogens with zero attached hydrogens (tertiary/aromatic N) is 2. The maximum absolute atomic E-state index is 12.4. The van der Waals surface area contributed by atoms with Crippen LogP contribution in [-0.4, -0.2) is 67.5 Å². The summed E-state index contributed by atoms with van der Waals surface area (Å²) in [6, 6.07) is 7.63. The van der Waals surface area contributed by atoms with Crippen LogP contribution >= 0.6 is 0 Å². The van der Waals surface area contributed by atoms with Gasteiger partial charge in [0.05, 0.1) is 25.3 Å². The first-order chi connectivity index (χ1) is 14.2. The normalized spacial score (nSPS) is 21.4. The Morgan fingerprint density at radius 3 is 2.79 bits per heavy atom. The average molecular weight is 403 g/mol. The van der Waals surface area contributed by atoms with E-state index in [0.29, 0.717) is 37.4 Å². The highest BCUT2D eigenvalue weighted by atomic mass is 16.5. The average Bonchev–Trinajstić information content (AvgIpc) is 3.37. The van der Waals surface area contributed by atoms with Gasteiger partial charge >= 0.3 is 5.76 Å². The van der Waals surface area contributed by atoms with Gasteiger partial charge < -0.3 is 19.2 Å². The fourth-order valence-corrected chi connectivity index (χ4v) is 4.29. The Labute approximate surface area is 169 Å². The highest BCUT2D eigenvalue weighted by Crippen LogP contribution is 2.22. The van der Waals surface area contributed by atoms with Gasteiger partial charge in [0.15, 0.2) is 5.58 Å². The zero-order chi connectivity index (χ0) is 20.1. The van der Waals surface area contributed by atoms with E-state index in [1.165, 1.54) is 0 Å². The van der Waals surface area contributed by atoms with E-state index in [1.54, 1.807) is 10.6 Å². The summed E-state index contributed by atoms with van der Waals surface area (Å²) in [5, 5.41) is 3.10. The van der Waals surface area contributed by atoms with Crippen LogP contribution in [0.25, 0.3) is 11.1 Å². The minimum atomic E-state index is -0.375. The molecule has 3 heterocycles. The molecule has 2 atom stereocenters. The first kappa shape index (κ1) is 20.1. The Kier molecular flexibility index (Phi) is 6.63. The van der Waals surface area contributed by atoms with Gasteiger partial charge in [0.2, 0.25) is 5.91 Å². The Morgan fingerprint density at radius 2 is 2.00 bits per heavy atom. The van der Waals surface area contributed by atoms with Gasteiger partial charge in [-0.25, -0.2) is 4.79 Å². The van der Waals surface area contributed by atoms with Crippen molar-refractivity contribution >= 4 is 17.0 Å². The predicted octanol–water partition coefficient (Wildman–Crippen LogP) is 1.23. The Hall–Kier alpha value is -2.16. The zero-order valence-electron chi connectivity index (χ0n) is 16.7. The van der Waals surface area contributed by atoms with Crippen LogP contribution in [-0.2, 0) is 20.8 Å². The van der Waals surface area contributed by atoms with Crippen molar-refractivity contribution < 1.29 is 18.7 Å². The van der Waals surface area contributed by atoms with E-state index in [0.717, 1.165) is 51.5 Å². The summed E-state index contributed by atoms with van der Waals surface area (Å²) < 4.78 is 17.9. The number of aromatic nitrogens is 1. The molecule has 2 aliphatic heterocycles. The largest absolute Gasteiger partial charge is 0.419 e. The summed E-state index contributed by atoms with van der Waals surface area (Å²) in [6.45, 7) is 5.92. The molecule has 0 saturated carbocycles. The van der Waals surface area contributed by atoms with Crippen molar-refractivity contribution in [2.75, 3.05) is 46.1 Å². The number of oxazole rings is 1. The van der Waals surface area contributed by atoms with Crippen LogP contribution in [0, 0.1) is 5.92 Å². The van der Waals surface area contributed by atoms with Gasteiger partial charge in [-0.05, 0) is 25.0 Å². The van der Waals surface area contributed by atoms with Crippen molar-refractivity contribution in [2.45, 2.75) is 31.8 Å². The molecule has 0 radical (unpaired) electrons. The number of amides is 1. The third-order valence-corrected chi connectivity index (χ3v) is 5.89. The van der Waals surface area contributed by atoms with Crippen LogP contribution < -0.4 is 11.1 Å². The summed E-state index contributed by atoms with van der Waals surface area (Å²) in [5.74, 6) is 0.0903. The van der Waals surface area contributed by atoms with Crippen LogP contribution in [0.2, 0.25) is 0 Å². The van der Waals surface area contributed by atoms with Gasteiger partial charge in [0.1, 0.15) is 0 Å². The third kappa shape index (κ3) is 4.88. The molecule has 0 aliphatic carbocycles. The molecule has 1 aromatic heterocycles. The molecule has 2 aromatic rings. The van der Waals surface area contributed by atoms with Crippen molar-refractivity contribution in [1.29, 1.82) is 0 Å². The SMILES string of the molecule is O=C(CCCn1c(=O)oc2ccccc21)NCC(C1CCOC1)N1CCOCC1. The molecule has 29 heavy (non-hydrogen) atoms. The van der Waals surface area contributed by atoms with E-state index in [4.69, 9.17) is 13.9 Å². The minimum Gasteiger partial charge on any atom is -0.408 e. The minimum absolute atomic E-state index is 0.0167. The number of hydrogen-bond donors (Lipinski definition) is 1. The lowest BCUT2D eigenvalue weighted by molar-refractivity contribution is -0.121. The molecule has 2 unspecified atom stereocenters. The number of morpholine rings is 1. The van der Waals surface area contributed by atoms with E-state index < -0.39 is 0 Å². The molecule has 1 amide bonds. The molecular formula is C21H29N3O5. The van der Waals surface area contributed by atoms with Crippen molar-refractivity contribution in [2.24, 2.45) is 5.92 Å². The molecule has 1 aromatic carbocycles. The molecule has 4 rings (SSSR count). The molecule has 1 N–H and O–H groups in total. The fourth-order valence-electron chi connectivity index (χ4n) is 4.29. The number of para-hydroxylation sites is 2. The third-order valence-electron chi connectivity index (χ3n) is 5.89. The predicted molar refractivity (Wildman–Crippen MR) is 108 cm³/mol. The molecule has 2 fully saturated rings. The van der Waals surface area contributed by atoms with Crippen molar-refractivity contribution in [3.05, 3.63) is 34.8 Å². The fraction of sp³-hybridized carbons (Fsp3) is 0.619. The second-order valence-corrected chi connectivity index (χ2v) is 7.73. The van der Waals surface area contributed by atoms with Crippen molar-refractivity contribution in [3.63, 3.8) is 0 Å². The lowest BCUT2D eigenvalue weighted by Gasteiger charge is -2.37. The molecule has 8 heteroatoms. The van der Waals surface area contributed by atoms with E-state index in [1.807, 2.05) is 18.2 Å². The second kappa shape index (κ2) is 9.56. The Morgan fingerprint density at radius 1 is 1.17 bits per heavy atom. The summed E-state index contributed by atoms with van der Waals surface area (Å²) in [6.07, 6.45) is 2.00. The van der Waals surface area contributed by atoms with Crippen LogP contribution in [0.4, 0.5) is 0 Å². The van der Waals surface area contributed by atoms with Crippen molar-refractivity contribution in [3.8, 4) is 0 Å². The zero-order valence-corrected chi connectivity index (χ0v) is 16.7. The first-order valence-electron chi connectivity index (χ1n) is 10.5. The quantitative estimate of drug-likeness (QED) is 0.714. The number of ether oxygens (including phenoxy) is 2. The van der Waals surface area contributed by atoms with Gasteiger partial charge in [-0.3, -0.25) is 14.3 Å². The van der Waals surface area contributed by atoms with Gasteiger partial charge in [-0.15, -0.1) is 0 Å². The monoisotopic (exact) mass is 403 g/mol. The topological polar surface area (TPSA) is 85.9 Å². The highest BCUT2D eigenvalue weighted by molar-refractivity contribution is 5.76. The summed E-state index contributed by atoms with van der Waals surface area (Å²) >= 11 is 0. The van der Waals surface area contributed by atoms with Gasteiger partial charge in [0, 0.05) is 51.2 Å².